The maximum atomic E-state index is 10.6. The Hall–Kier alpha value is -1.79. The van der Waals surface area contributed by atoms with Crippen molar-refractivity contribution < 1.29 is 19.8 Å². The summed E-state index contributed by atoms with van der Waals surface area (Å²) in [4.78, 5) is 25.1. The third kappa shape index (κ3) is 4.23. The predicted molar refractivity (Wildman–Crippen MR) is 63.9 cm³/mol. The van der Waals surface area contributed by atoms with E-state index in [1.54, 1.807) is 6.07 Å². The number of aromatic nitrogens is 1. The van der Waals surface area contributed by atoms with E-state index in [4.69, 9.17) is 0 Å². The zero-order chi connectivity index (χ0) is 13.5. The van der Waals surface area contributed by atoms with Crippen LogP contribution in [0.3, 0.4) is 0 Å². The van der Waals surface area contributed by atoms with E-state index in [1.807, 2.05) is 0 Å². The third-order valence-electron chi connectivity index (χ3n) is 2.39. The Kier molecular flexibility index (Phi) is 5.41. The van der Waals surface area contributed by atoms with E-state index in [2.05, 4.69) is 10.3 Å². The lowest BCUT2D eigenvalue weighted by Crippen LogP contribution is -2.28. The molecule has 0 fully saturated rings. The standard InChI is InChI=1S/C12H16N2O4/c1-8(16)13-6-5-11(17)12(18)10-4-2-3-9(7-15)14-10/h2-4,7,11-12,17-18H,5-6H2,1H3,(H,13,16). The number of rotatable bonds is 6. The number of carbonyl (C=O) groups excluding carboxylic acids is 2. The molecule has 2 unspecified atom stereocenters. The minimum absolute atomic E-state index is 0.195. The fraction of sp³-hybridized carbons (Fsp3) is 0.417. The smallest absolute Gasteiger partial charge is 0.216 e. The van der Waals surface area contributed by atoms with Crippen molar-refractivity contribution in [2.45, 2.75) is 25.6 Å². The Morgan fingerprint density at radius 1 is 1.50 bits per heavy atom. The van der Waals surface area contributed by atoms with Gasteiger partial charge in [0.2, 0.25) is 5.91 Å². The van der Waals surface area contributed by atoms with Crippen LogP contribution in [0.15, 0.2) is 18.2 Å². The first-order valence-electron chi connectivity index (χ1n) is 5.57. The number of nitrogens with zero attached hydrogens (tertiary/aromatic N) is 1. The molecule has 0 saturated carbocycles. The SMILES string of the molecule is CC(=O)NCCC(O)C(O)c1cccc(C=O)n1. The van der Waals surface area contributed by atoms with Gasteiger partial charge >= 0.3 is 0 Å². The second-order valence-electron chi connectivity index (χ2n) is 3.89. The van der Waals surface area contributed by atoms with Gasteiger partial charge in [-0.15, -0.1) is 0 Å². The van der Waals surface area contributed by atoms with Gasteiger partial charge in [0.05, 0.1) is 11.8 Å². The molecule has 0 radical (unpaired) electrons. The summed E-state index contributed by atoms with van der Waals surface area (Å²) in [5, 5.41) is 22.1. The number of amides is 1. The summed E-state index contributed by atoms with van der Waals surface area (Å²) in [6.07, 6.45) is -1.46. The molecule has 18 heavy (non-hydrogen) atoms. The Balaban J connectivity index is 2.58. The lowest BCUT2D eigenvalue weighted by atomic mass is 10.1. The monoisotopic (exact) mass is 252 g/mol. The van der Waals surface area contributed by atoms with Crippen molar-refractivity contribution >= 4 is 12.2 Å². The van der Waals surface area contributed by atoms with E-state index in [0.29, 0.717) is 6.29 Å². The topological polar surface area (TPSA) is 99.5 Å². The average molecular weight is 252 g/mol. The number of hydrogen-bond donors (Lipinski definition) is 3. The molecule has 3 N–H and O–H groups in total. The molecule has 6 heteroatoms. The van der Waals surface area contributed by atoms with Crippen molar-refractivity contribution in [2.75, 3.05) is 6.54 Å². The van der Waals surface area contributed by atoms with Gasteiger partial charge in [-0.1, -0.05) is 6.07 Å². The maximum Gasteiger partial charge on any atom is 0.216 e. The molecule has 1 aromatic heterocycles. The fourth-order valence-electron chi connectivity index (χ4n) is 1.45. The minimum Gasteiger partial charge on any atom is -0.390 e. The Morgan fingerprint density at radius 2 is 2.22 bits per heavy atom. The lowest BCUT2D eigenvalue weighted by molar-refractivity contribution is -0.119. The number of carbonyl (C=O) groups is 2. The van der Waals surface area contributed by atoms with Crippen LogP contribution in [0.2, 0.25) is 0 Å². The van der Waals surface area contributed by atoms with Crippen LogP contribution in [0.5, 0.6) is 0 Å². The second-order valence-corrected chi connectivity index (χ2v) is 3.89. The van der Waals surface area contributed by atoms with Crippen molar-refractivity contribution in [3.8, 4) is 0 Å². The highest BCUT2D eigenvalue weighted by atomic mass is 16.3. The number of hydrogen-bond acceptors (Lipinski definition) is 5. The molecule has 0 aliphatic rings. The number of aliphatic hydroxyl groups is 2. The number of aliphatic hydroxyl groups excluding tert-OH is 2. The van der Waals surface area contributed by atoms with Crippen LogP contribution in [0.1, 0.15) is 35.6 Å². The van der Waals surface area contributed by atoms with E-state index in [0.717, 1.165) is 0 Å². The minimum atomic E-state index is -1.18. The van der Waals surface area contributed by atoms with Crippen molar-refractivity contribution in [3.63, 3.8) is 0 Å². The highest BCUT2D eigenvalue weighted by molar-refractivity contribution is 5.72. The van der Waals surface area contributed by atoms with Crippen LogP contribution in [0.4, 0.5) is 0 Å². The summed E-state index contributed by atoms with van der Waals surface area (Å²) in [7, 11) is 0. The summed E-state index contributed by atoms with van der Waals surface area (Å²) < 4.78 is 0. The van der Waals surface area contributed by atoms with E-state index in [9.17, 15) is 19.8 Å². The van der Waals surface area contributed by atoms with Crippen LogP contribution < -0.4 is 5.32 Å². The Bertz CT molecular complexity index is 422. The van der Waals surface area contributed by atoms with Gasteiger partial charge in [0.1, 0.15) is 11.8 Å². The zero-order valence-corrected chi connectivity index (χ0v) is 10.0. The molecule has 0 aliphatic carbocycles. The van der Waals surface area contributed by atoms with Crippen LogP contribution in [0.25, 0.3) is 0 Å². The van der Waals surface area contributed by atoms with Crippen molar-refractivity contribution in [2.24, 2.45) is 0 Å². The zero-order valence-electron chi connectivity index (χ0n) is 10.0. The number of nitrogens with one attached hydrogen (secondary N) is 1. The maximum absolute atomic E-state index is 10.6. The molecule has 2 atom stereocenters. The second kappa shape index (κ2) is 6.83. The largest absolute Gasteiger partial charge is 0.390 e. The van der Waals surface area contributed by atoms with E-state index in [1.165, 1.54) is 19.1 Å². The third-order valence-corrected chi connectivity index (χ3v) is 2.39. The Labute approximate surface area is 105 Å². The molecule has 98 valence electrons. The van der Waals surface area contributed by atoms with Crippen molar-refractivity contribution in [1.82, 2.24) is 10.3 Å². The summed E-state index contributed by atoms with van der Waals surface area (Å²) in [5.74, 6) is -0.197. The van der Waals surface area contributed by atoms with E-state index < -0.39 is 12.2 Å². The fourth-order valence-corrected chi connectivity index (χ4v) is 1.45. The molecule has 1 heterocycles. The van der Waals surface area contributed by atoms with Crippen molar-refractivity contribution in [3.05, 3.63) is 29.6 Å². The molecule has 0 bridgehead atoms. The van der Waals surface area contributed by atoms with Crippen LogP contribution in [-0.2, 0) is 4.79 Å². The first kappa shape index (κ1) is 14.3. The summed E-state index contributed by atoms with van der Waals surface area (Å²) in [6.45, 7) is 1.64. The highest BCUT2D eigenvalue weighted by Crippen LogP contribution is 2.16. The molecule has 0 aliphatic heterocycles. The van der Waals surface area contributed by atoms with E-state index in [-0.39, 0.29) is 30.3 Å². The molecule has 0 saturated heterocycles. The van der Waals surface area contributed by atoms with Gasteiger partial charge in [-0.25, -0.2) is 4.98 Å². The van der Waals surface area contributed by atoms with E-state index >= 15 is 0 Å². The molecular formula is C12H16N2O4. The van der Waals surface area contributed by atoms with Gasteiger partial charge in [-0.3, -0.25) is 9.59 Å². The number of pyridine rings is 1. The normalized spacial score (nSPS) is 13.7. The molecule has 6 nitrogen and oxygen atoms in total. The molecule has 1 rings (SSSR count). The lowest BCUT2D eigenvalue weighted by Gasteiger charge is -2.17. The Morgan fingerprint density at radius 3 is 2.83 bits per heavy atom. The highest BCUT2D eigenvalue weighted by Gasteiger charge is 2.19. The molecule has 0 spiro atoms. The van der Waals surface area contributed by atoms with Gasteiger partial charge in [0.15, 0.2) is 6.29 Å². The van der Waals surface area contributed by atoms with Crippen LogP contribution in [0, 0.1) is 0 Å². The van der Waals surface area contributed by atoms with Crippen LogP contribution >= 0.6 is 0 Å². The predicted octanol–water partition coefficient (Wildman–Crippen LogP) is -0.185. The molecule has 1 amide bonds. The first-order valence-corrected chi connectivity index (χ1v) is 5.57. The van der Waals surface area contributed by atoms with Gasteiger partial charge < -0.3 is 15.5 Å². The summed E-state index contributed by atoms with van der Waals surface area (Å²) >= 11 is 0. The summed E-state index contributed by atoms with van der Waals surface area (Å²) in [5.41, 5.74) is 0.426. The van der Waals surface area contributed by atoms with Gasteiger partial charge in [-0.05, 0) is 18.6 Å². The number of aldehydes is 1. The molecule has 1 aromatic rings. The average Bonchev–Trinajstić information content (AvgIpc) is 2.37. The van der Waals surface area contributed by atoms with Gasteiger partial charge in [-0.2, -0.15) is 0 Å². The van der Waals surface area contributed by atoms with Crippen molar-refractivity contribution in [1.29, 1.82) is 0 Å². The first-order chi connectivity index (χ1) is 8.54. The summed E-state index contributed by atoms with van der Waals surface area (Å²) in [6, 6.07) is 4.61. The molecular weight excluding hydrogens is 236 g/mol. The van der Waals surface area contributed by atoms with Crippen LogP contribution in [-0.4, -0.2) is 40.0 Å². The molecule has 0 aromatic carbocycles. The van der Waals surface area contributed by atoms with Gasteiger partial charge in [0.25, 0.3) is 0 Å². The van der Waals surface area contributed by atoms with Gasteiger partial charge in [0, 0.05) is 13.5 Å². The quantitative estimate of drug-likeness (QED) is 0.610.